The average molecular weight is 353 g/mol. The number of fused-ring (bicyclic) bond motifs is 1. The monoisotopic (exact) mass is 353 g/mol. The summed E-state index contributed by atoms with van der Waals surface area (Å²) in [5.74, 6) is -0.395. The average Bonchev–Trinajstić information content (AvgIpc) is 2.63. The highest BCUT2D eigenvalue weighted by molar-refractivity contribution is 5.88. The standard InChI is InChI=1S/C20H20FN3O2/c1-12(2)19(13-7-9-14(21)10-8-13)22-18(25)11-17-15-5-3-4-6-16(15)20(26)24-23-17/h3-10,12,19H,11H2,1-2H3,(H,22,25)(H,24,26)/t19-/m1/s1. The first-order chi connectivity index (χ1) is 12.5. The number of benzene rings is 2. The zero-order valence-corrected chi connectivity index (χ0v) is 14.6. The Balaban J connectivity index is 1.82. The number of H-pyrrole nitrogens is 1. The van der Waals surface area contributed by atoms with E-state index in [9.17, 15) is 14.0 Å². The van der Waals surface area contributed by atoms with Crippen LogP contribution in [0, 0.1) is 11.7 Å². The first-order valence-electron chi connectivity index (χ1n) is 8.47. The Labute approximate surface area is 150 Å². The van der Waals surface area contributed by atoms with E-state index >= 15 is 0 Å². The van der Waals surface area contributed by atoms with E-state index in [1.54, 1.807) is 36.4 Å². The van der Waals surface area contributed by atoms with E-state index in [4.69, 9.17) is 0 Å². The zero-order valence-electron chi connectivity index (χ0n) is 14.6. The van der Waals surface area contributed by atoms with Gasteiger partial charge in [0.25, 0.3) is 5.56 Å². The van der Waals surface area contributed by atoms with Crippen LogP contribution < -0.4 is 10.9 Å². The summed E-state index contributed by atoms with van der Waals surface area (Å²) in [5, 5.41) is 10.6. The molecule has 2 aromatic carbocycles. The van der Waals surface area contributed by atoms with E-state index in [-0.39, 0.29) is 35.7 Å². The number of carbonyl (C=O) groups excluding carboxylic acids is 1. The third-order valence-electron chi connectivity index (χ3n) is 4.32. The van der Waals surface area contributed by atoms with Gasteiger partial charge in [0.05, 0.1) is 23.5 Å². The number of amides is 1. The predicted octanol–water partition coefficient (Wildman–Crippen LogP) is 3.12. The normalized spacial score (nSPS) is 12.3. The summed E-state index contributed by atoms with van der Waals surface area (Å²) in [7, 11) is 0. The quantitative estimate of drug-likeness (QED) is 0.740. The maximum Gasteiger partial charge on any atom is 0.272 e. The molecule has 0 aliphatic heterocycles. The first-order valence-corrected chi connectivity index (χ1v) is 8.47. The molecule has 134 valence electrons. The van der Waals surface area contributed by atoms with Crippen LogP contribution in [0.25, 0.3) is 10.8 Å². The molecule has 3 rings (SSSR count). The van der Waals surface area contributed by atoms with Crippen molar-refractivity contribution in [3.63, 3.8) is 0 Å². The molecule has 1 heterocycles. The van der Waals surface area contributed by atoms with Gasteiger partial charge in [0.2, 0.25) is 5.91 Å². The Hall–Kier alpha value is -3.02. The van der Waals surface area contributed by atoms with Crippen molar-refractivity contribution in [1.82, 2.24) is 15.5 Å². The second-order valence-electron chi connectivity index (χ2n) is 6.56. The zero-order chi connectivity index (χ0) is 18.7. The molecule has 1 atom stereocenters. The Kier molecular flexibility index (Phi) is 5.11. The summed E-state index contributed by atoms with van der Waals surface area (Å²) in [4.78, 5) is 24.4. The van der Waals surface area contributed by atoms with Crippen LogP contribution in [-0.4, -0.2) is 16.1 Å². The minimum atomic E-state index is -0.313. The molecule has 2 N–H and O–H groups in total. The molecule has 0 unspecified atom stereocenters. The van der Waals surface area contributed by atoms with Crippen molar-refractivity contribution >= 4 is 16.7 Å². The summed E-state index contributed by atoms with van der Waals surface area (Å²) in [5.41, 5.74) is 1.07. The van der Waals surface area contributed by atoms with Crippen LogP contribution in [0.4, 0.5) is 4.39 Å². The topological polar surface area (TPSA) is 74.8 Å². The van der Waals surface area contributed by atoms with Crippen molar-refractivity contribution in [2.75, 3.05) is 0 Å². The summed E-state index contributed by atoms with van der Waals surface area (Å²) in [6.07, 6.45) is 0.0434. The highest BCUT2D eigenvalue weighted by atomic mass is 19.1. The van der Waals surface area contributed by atoms with E-state index in [0.29, 0.717) is 16.5 Å². The number of carbonyl (C=O) groups is 1. The van der Waals surface area contributed by atoms with E-state index < -0.39 is 0 Å². The molecular weight excluding hydrogens is 333 g/mol. The van der Waals surface area contributed by atoms with Gasteiger partial charge < -0.3 is 5.32 Å². The highest BCUT2D eigenvalue weighted by Crippen LogP contribution is 2.22. The fraction of sp³-hybridized carbons (Fsp3) is 0.250. The highest BCUT2D eigenvalue weighted by Gasteiger charge is 2.19. The largest absolute Gasteiger partial charge is 0.349 e. The molecule has 3 aromatic rings. The van der Waals surface area contributed by atoms with E-state index in [0.717, 1.165) is 5.56 Å². The van der Waals surface area contributed by atoms with Crippen LogP contribution in [-0.2, 0) is 11.2 Å². The van der Waals surface area contributed by atoms with Crippen LogP contribution in [0.2, 0.25) is 0 Å². The van der Waals surface area contributed by atoms with Gasteiger partial charge in [0.1, 0.15) is 5.82 Å². The molecule has 0 aliphatic rings. The fourth-order valence-corrected chi connectivity index (χ4v) is 2.99. The number of nitrogens with one attached hydrogen (secondary N) is 2. The van der Waals surface area contributed by atoms with Gasteiger partial charge in [-0.2, -0.15) is 5.10 Å². The molecule has 0 fully saturated rings. The second kappa shape index (κ2) is 7.47. The number of aromatic nitrogens is 2. The molecule has 1 aromatic heterocycles. The van der Waals surface area contributed by atoms with Crippen LogP contribution in [0.15, 0.2) is 53.3 Å². The molecule has 0 aliphatic carbocycles. The molecule has 0 saturated heterocycles. The van der Waals surface area contributed by atoms with Crippen molar-refractivity contribution in [2.45, 2.75) is 26.3 Å². The maximum absolute atomic E-state index is 13.2. The minimum absolute atomic E-state index is 0.0434. The molecule has 6 heteroatoms. The smallest absolute Gasteiger partial charge is 0.272 e. The van der Waals surface area contributed by atoms with E-state index in [1.807, 2.05) is 13.8 Å². The van der Waals surface area contributed by atoms with Gasteiger partial charge in [-0.1, -0.05) is 44.2 Å². The van der Waals surface area contributed by atoms with Crippen LogP contribution in [0.1, 0.15) is 31.1 Å². The maximum atomic E-state index is 13.2. The number of aromatic amines is 1. The molecular formula is C20H20FN3O2. The Morgan fingerprint density at radius 1 is 1.12 bits per heavy atom. The summed E-state index contributed by atoms with van der Waals surface area (Å²) < 4.78 is 13.2. The van der Waals surface area contributed by atoms with E-state index in [2.05, 4.69) is 15.5 Å². The van der Waals surface area contributed by atoms with Gasteiger partial charge in [-0.3, -0.25) is 9.59 Å². The van der Waals surface area contributed by atoms with Crippen LogP contribution in [0.5, 0.6) is 0 Å². The molecule has 0 saturated carbocycles. The van der Waals surface area contributed by atoms with Crippen molar-refractivity contribution in [3.05, 3.63) is 76.0 Å². The van der Waals surface area contributed by atoms with Crippen LogP contribution >= 0.6 is 0 Å². The predicted molar refractivity (Wildman–Crippen MR) is 98.2 cm³/mol. The third kappa shape index (κ3) is 3.79. The molecule has 0 bridgehead atoms. The van der Waals surface area contributed by atoms with Gasteiger partial charge in [-0.15, -0.1) is 0 Å². The van der Waals surface area contributed by atoms with Gasteiger partial charge in [0.15, 0.2) is 0 Å². The molecule has 0 spiro atoms. The first kappa shape index (κ1) is 17.8. The van der Waals surface area contributed by atoms with Crippen molar-refractivity contribution < 1.29 is 9.18 Å². The minimum Gasteiger partial charge on any atom is -0.349 e. The summed E-state index contributed by atoms with van der Waals surface area (Å²) in [6, 6.07) is 12.9. The Bertz CT molecular complexity index is 980. The van der Waals surface area contributed by atoms with E-state index in [1.165, 1.54) is 12.1 Å². The lowest BCUT2D eigenvalue weighted by Gasteiger charge is -2.23. The lowest BCUT2D eigenvalue weighted by Crippen LogP contribution is -2.33. The number of nitrogens with zero attached hydrogens (tertiary/aromatic N) is 1. The molecule has 0 radical (unpaired) electrons. The van der Waals surface area contributed by atoms with Crippen LogP contribution in [0.3, 0.4) is 0 Å². The van der Waals surface area contributed by atoms with Gasteiger partial charge in [-0.05, 0) is 29.7 Å². The third-order valence-corrected chi connectivity index (χ3v) is 4.32. The van der Waals surface area contributed by atoms with Crippen molar-refractivity contribution in [3.8, 4) is 0 Å². The van der Waals surface area contributed by atoms with Crippen molar-refractivity contribution in [1.29, 1.82) is 0 Å². The van der Waals surface area contributed by atoms with Gasteiger partial charge in [0, 0.05) is 5.39 Å². The number of hydrogen-bond acceptors (Lipinski definition) is 3. The number of rotatable bonds is 5. The number of hydrogen-bond donors (Lipinski definition) is 2. The van der Waals surface area contributed by atoms with Gasteiger partial charge in [-0.25, -0.2) is 9.49 Å². The Morgan fingerprint density at radius 2 is 1.77 bits per heavy atom. The number of halogens is 1. The van der Waals surface area contributed by atoms with Gasteiger partial charge >= 0.3 is 0 Å². The van der Waals surface area contributed by atoms with Crippen molar-refractivity contribution in [2.24, 2.45) is 5.92 Å². The molecule has 1 amide bonds. The SMILES string of the molecule is CC(C)[C@@H](NC(=O)Cc1n[nH]c(=O)c2ccccc12)c1ccc(F)cc1. The fourth-order valence-electron chi connectivity index (χ4n) is 2.99. The second-order valence-corrected chi connectivity index (χ2v) is 6.56. The summed E-state index contributed by atoms with van der Waals surface area (Å²) >= 11 is 0. The lowest BCUT2D eigenvalue weighted by atomic mass is 9.95. The lowest BCUT2D eigenvalue weighted by molar-refractivity contribution is -0.121. The molecule has 5 nitrogen and oxygen atoms in total. The summed E-state index contributed by atoms with van der Waals surface area (Å²) in [6.45, 7) is 3.98. The Morgan fingerprint density at radius 3 is 2.42 bits per heavy atom. The molecule has 26 heavy (non-hydrogen) atoms.